The number of hydrogen-bond acceptors (Lipinski definition) is 3. The fraction of sp³-hybridized carbons (Fsp3) is 0.409. The van der Waals surface area contributed by atoms with Crippen LogP contribution in [0.1, 0.15) is 37.0 Å². The summed E-state index contributed by atoms with van der Waals surface area (Å²) in [6.45, 7) is 5.12. The lowest BCUT2D eigenvalue weighted by molar-refractivity contribution is -0.127. The molecule has 1 heterocycles. The second kappa shape index (κ2) is 9.51. The van der Waals surface area contributed by atoms with Crippen molar-refractivity contribution in [1.29, 1.82) is 0 Å². The first-order chi connectivity index (χ1) is 12.8. The molecule has 1 fully saturated rings. The molecule has 0 aliphatic carbocycles. The van der Waals surface area contributed by atoms with Gasteiger partial charge in [-0.05, 0) is 37.1 Å². The molecule has 26 heavy (non-hydrogen) atoms. The third kappa shape index (κ3) is 4.93. The molecule has 2 aromatic rings. The van der Waals surface area contributed by atoms with E-state index < -0.39 is 0 Å². The van der Waals surface area contributed by atoms with Gasteiger partial charge >= 0.3 is 0 Å². The Morgan fingerprint density at radius 2 is 1.73 bits per heavy atom. The van der Waals surface area contributed by atoms with Gasteiger partial charge in [0.05, 0.1) is 0 Å². The van der Waals surface area contributed by atoms with Gasteiger partial charge in [-0.2, -0.15) is 0 Å². The van der Waals surface area contributed by atoms with Crippen LogP contribution in [0, 0.1) is 0 Å². The van der Waals surface area contributed by atoms with Crippen LogP contribution >= 0.6 is 0 Å². The van der Waals surface area contributed by atoms with Gasteiger partial charge in [-0.15, -0.1) is 0 Å². The summed E-state index contributed by atoms with van der Waals surface area (Å²) in [5, 5.41) is 3.04. The van der Waals surface area contributed by atoms with Crippen molar-refractivity contribution in [2.45, 2.75) is 31.9 Å². The van der Waals surface area contributed by atoms with E-state index in [-0.39, 0.29) is 18.6 Å². The van der Waals surface area contributed by atoms with Crippen molar-refractivity contribution in [2.24, 2.45) is 0 Å². The van der Waals surface area contributed by atoms with Crippen LogP contribution in [0.4, 0.5) is 0 Å². The first kappa shape index (κ1) is 18.6. The van der Waals surface area contributed by atoms with E-state index in [4.69, 9.17) is 4.74 Å². The number of nitrogens with one attached hydrogen (secondary N) is 1. The largest absolute Gasteiger partial charge is 0.359 e. The molecule has 0 spiro atoms. The van der Waals surface area contributed by atoms with Crippen LogP contribution in [0.5, 0.6) is 0 Å². The topological polar surface area (TPSA) is 41.6 Å². The molecule has 1 aliphatic rings. The maximum Gasteiger partial charge on any atom is 0.246 e. The Hall–Kier alpha value is -2.17. The molecule has 0 aromatic heterocycles. The van der Waals surface area contributed by atoms with Crippen molar-refractivity contribution in [3.05, 3.63) is 71.8 Å². The van der Waals surface area contributed by atoms with Crippen molar-refractivity contribution in [2.75, 3.05) is 26.2 Å². The Balaban J connectivity index is 1.57. The van der Waals surface area contributed by atoms with E-state index in [0.717, 1.165) is 30.6 Å². The molecule has 3 rings (SSSR count). The quantitative estimate of drug-likeness (QED) is 0.792. The molecule has 1 atom stereocenters. The number of benzene rings is 2. The van der Waals surface area contributed by atoms with E-state index in [1.54, 1.807) is 0 Å². The van der Waals surface area contributed by atoms with E-state index in [1.165, 1.54) is 6.42 Å². The lowest BCUT2D eigenvalue weighted by Gasteiger charge is -2.23. The standard InChI is InChI=1S/C22H28N2O2/c1-2-24-15-9-14-20(24)16-23-21(25)17-26-22(18-10-5-3-6-11-18)19-12-7-4-8-13-19/h3-8,10-13,20,22H,2,9,14-17H2,1H3,(H,23,25). The fourth-order valence-electron chi connectivity index (χ4n) is 3.62. The van der Waals surface area contributed by atoms with Gasteiger partial charge in [-0.25, -0.2) is 0 Å². The molecule has 4 nitrogen and oxygen atoms in total. The molecular formula is C22H28N2O2. The first-order valence-corrected chi connectivity index (χ1v) is 9.50. The van der Waals surface area contributed by atoms with Gasteiger partial charge < -0.3 is 10.1 Å². The third-order valence-electron chi connectivity index (χ3n) is 5.03. The minimum atomic E-state index is -0.234. The Kier molecular flexibility index (Phi) is 6.81. The molecule has 0 bridgehead atoms. The number of amides is 1. The minimum Gasteiger partial charge on any atom is -0.359 e. The van der Waals surface area contributed by atoms with Gasteiger partial charge in [0.15, 0.2) is 0 Å². The van der Waals surface area contributed by atoms with Gasteiger partial charge in [0.1, 0.15) is 12.7 Å². The molecule has 4 heteroatoms. The average Bonchev–Trinajstić information content (AvgIpc) is 3.16. The predicted octanol–water partition coefficient (Wildman–Crippen LogP) is 3.39. The van der Waals surface area contributed by atoms with Crippen molar-refractivity contribution >= 4 is 5.91 Å². The molecule has 1 unspecified atom stereocenters. The normalized spacial score (nSPS) is 17.5. The smallest absolute Gasteiger partial charge is 0.246 e. The van der Waals surface area contributed by atoms with E-state index >= 15 is 0 Å². The summed E-state index contributed by atoms with van der Waals surface area (Å²) < 4.78 is 6.02. The molecule has 1 saturated heterocycles. The number of likely N-dealkylation sites (tertiary alicyclic amines) is 1. The van der Waals surface area contributed by atoms with E-state index in [0.29, 0.717) is 12.6 Å². The van der Waals surface area contributed by atoms with Crippen LogP contribution in [-0.4, -0.2) is 43.1 Å². The number of rotatable bonds is 8. The highest BCUT2D eigenvalue weighted by molar-refractivity contribution is 5.77. The van der Waals surface area contributed by atoms with Crippen LogP contribution < -0.4 is 5.32 Å². The number of ether oxygens (including phenoxy) is 1. The molecule has 1 amide bonds. The lowest BCUT2D eigenvalue weighted by Crippen LogP contribution is -2.41. The van der Waals surface area contributed by atoms with Crippen LogP contribution in [0.3, 0.4) is 0 Å². The van der Waals surface area contributed by atoms with Crippen molar-refractivity contribution < 1.29 is 9.53 Å². The molecule has 1 N–H and O–H groups in total. The second-order valence-electron chi connectivity index (χ2n) is 6.74. The number of carbonyl (C=O) groups excluding carboxylic acids is 1. The zero-order valence-electron chi connectivity index (χ0n) is 15.4. The summed E-state index contributed by atoms with van der Waals surface area (Å²) in [6, 6.07) is 20.5. The predicted molar refractivity (Wildman–Crippen MR) is 104 cm³/mol. The minimum absolute atomic E-state index is 0.0511. The van der Waals surface area contributed by atoms with E-state index in [2.05, 4.69) is 17.1 Å². The number of likely N-dealkylation sites (N-methyl/N-ethyl adjacent to an activating group) is 1. The molecular weight excluding hydrogens is 324 g/mol. The number of nitrogens with zero attached hydrogens (tertiary/aromatic N) is 1. The third-order valence-corrected chi connectivity index (χ3v) is 5.03. The van der Waals surface area contributed by atoms with Crippen molar-refractivity contribution in [1.82, 2.24) is 10.2 Å². The molecule has 1 aliphatic heterocycles. The maximum atomic E-state index is 12.3. The van der Waals surface area contributed by atoms with Crippen molar-refractivity contribution in [3.63, 3.8) is 0 Å². The molecule has 0 radical (unpaired) electrons. The molecule has 2 aromatic carbocycles. The van der Waals surface area contributed by atoms with Gasteiger partial charge in [0.2, 0.25) is 5.91 Å². The zero-order chi connectivity index (χ0) is 18.2. The molecule has 0 saturated carbocycles. The first-order valence-electron chi connectivity index (χ1n) is 9.50. The van der Waals surface area contributed by atoms with Crippen LogP contribution in [0.2, 0.25) is 0 Å². The highest BCUT2D eigenvalue weighted by atomic mass is 16.5. The Morgan fingerprint density at radius 1 is 1.12 bits per heavy atom. The summed E-state index contributed by atoms with van der Waals surface area (Å²) in [7, 11) is 0. The summed E-state index contributed by atoms with van der Waals surface area (Å²) in [6.07, 6.45) is 2.14. The van der Waals surface area contributed by atoms with Gasteiger partial charge in [-0.3, -0.25) is 9.69 Å². The average molecular weight is 352 g/mol. The van der Waals surface area contributed by atoms with Crippen LogP contribution in [0.15, 0.2) is 60.7 Å². The van der Waals surface area contributed by atoms with Gasteiger partial charge in [0.25, 0.3) is 0 Å². The highest BCUT2D eigenvalue weighted by Crippen LogP contribution is 2.25. The highest BCUT2D eigenvalue weighted by Gasteiger charge is 2.23. The van der Waals surface area contributed by atoms with E-state index in [1.807, 2.05) is 60.7 Å². The monoisotopic (exact) mass is 352 g/mol. The number of carbonyl (C=O) groups is 1. The second-order valence-corrected chi connectivity index (χ2v) is 6.74. The zero-order valence-corrected chi connectivity index (χ0v) is 15.4. The Morgan fingerprint density at radius 3 is 2.31 bits per heavy atom. The van der Waals surface area contributed by atoms with Gasteiger partial charge in [-0.1, -0.05) is 67.6 Å². The summed E-state index contributed by atoms with van der Waals surface area (Å²) >= 11 is 0. The van der Waals surface area contributed by atoms with Crippen molar-refractivity contribution in [3.8, 4) is 0 Å². The SMILES string of the molecule is CCN1CCCC1CNC(=O)COC(c1ccccc1)c1ccccc1. The van der Waals surface area contributed by atoms with Crippen LogP contribution in [-0.2, 0) is 9.53 Å². The van der Waals surface area contributed by atoms with E-state index in [9.17, 15) is 4.79 Å². The number of hydrogen-bond donors (Lipinski definition) is 1. The Labute approximate surface area is 156 Å². The fourth-order valence-corrected chi connectivity index (χ4v) is 3.62. The Bertz CT molecular complexity index is 636. The maximum absolute atomic E-state index is 12.3. The molecule has 138 valence electrons. The summed E-state index contributed by atoms with van der Waals surface area (Å²) in [5.41, 5.74) is 2.11. The summed E-state index contributed by atoms with van der Waals surface area (Å²) in [4.78, 5) is 14.7. The van der Waals surface area contributed by atoms with Crippen LogP contribution in [0.25, 0.3) is 0 Å². The lowest BCUT2D eigenvalue weighted by atomic mass is 10.0. The summed E-state index contributed by atoms with van der Waals surface area (Å²) in [5.74, 6) is -0.0511. The van der Waals surface area contributed by atoms with Gasteiger partial charge in [0, 0.05) is 12.6 Å².